The van der Waals surface area contributed by atoms with Crippen LogP contribution in [0.2, 0.25) is 0 Å². The molecule has 4 rings (SSSR count). The number of amides is 1. The second-order valence-electron chi connectivity index (χ2n) is 8.27. The van der Waals surface area contributed by atoms with Gasteiger partial charge in [-0.25, -0.2) is 9.07 Å². The van der Waals surface area contributed by atoms with Crippen LogP contribution in [0.1, 0.15) is 30.5 Å². The van der Waals surface area contributed by atoms with Gasteiger partial charge in [-0.05, 0) is 60.9 Å². The number of aromatic nitrogens is 2. The molecule has 0 radical (unpaired) electrons. The molecule has 1 aliphatic rings. The van der Waals surface area contributed by atoms with Gasteiger partial charge in [0.2, 0.25) is 5.91 Å². The van der Waals surface area contributed by atoms with Gasteiger partial charge in [0.1, 0.15) is 5.82 Å². The number of hydrogen-bond acceptors (Lipinski definition) is 5. The van der Waals surface area contributed by atoms with Crippen molar-refractivity contribution in [3.05, 3.63) is 77.9 Å². The van der Waals surface area contributed by atoms with Gasteiger partial charge in [0.25, 0.3) is 0 Å². The van der Waals surface area contributed by atoms with Crippen molar-refractivity contribution in [3.63, 3.8) is 0 Å². The molecule has 0 saturated carbocycles. The van der Waals surface area contributed by atoms with E-state index in [1.54, 1.807) is 31.0 Å². The first-order chi connectivity index (χ1) is 16.5. The van der Waals surface area contributed by atoms with Crippen LogP contribution in [0, 0.1) is 5.82 Å². The first-order valence-electron chi connectivity index (χ1n) is 11.2. The second-order valence-corrected chi connectivity index (χ2v) is 8.27. The van der Waals surface area contributed by atoms with Crippen LogP contribution in [0.5, 0.6) is 11.5 Å². The van der Waals surface area contributed by atoms with E-state index in [2.05, 4.69) is 21.4 Å². The van der Waals surface area contributed by atoms with Crippen LogP contribution >= 0.6 is 0 Å². The van der Waals surface area contributed by atoms with Crippen LogP contribution in [0.4, 0.5) is 4.39 Å². The molecule has 178 valence electrons. The molecule has 1 aromatic heterocycles. The zero-order chi connectivity index (χ0) is 24.1. The Kier molecular flexibility index (Phi) is 7.27. The number of hydrogen-bond donors (Lipinski definition) is 1. The van der Waals surface area contributed by atoms with Gasteiger partial charge in [0.15, 0.2) is 11.5 Å². The molecule has 34 heavy (non-hydrogen) atoms. The van der Waals surface area contributed by atoms with Gasteiger partial charge in [0, 0.05) is 24.8 Å². The van der Waals surface area contributed by atoms with Crippen molar-refractivity contribution >= 4 is 11.5 Å². The highest BCUT2D eigenvalue weighted by molar-refractivity contribution is 5.79. The van der Waals surface area contributed by atoms with Crippen LogP contribution < -0.4 is 14.8 Å². The molecule has 0 fully saturated rings. The molecule has 0 unspecified atom stereocenters. The van der Waals surface area contributed by atoms with E-state index in [0.29, 0.717) is 24.6 Å². The molecule has 0 spiro atoms. The summed E-state index contributed by atoms with van der Waals surface area (Å²) in [4.78, 5) is 14.8. The summed E-state index contributed by atoms with van der Waals surface area (Å²) in [5.74, 6) is 0.998. The molecule has 0 aliphatic carbocycles. The van der Waals surface area contributed by atoms with Gasteiger partial charge in [-0.15, -0.1) is 0 Å². The SMILES string of the molecule is COc1ccc([C@@H](C)NC(=O)CN2CC=C(c3cnn(-c4ccc(F)cc4)c3)CC2)cc1OC. The predicted octanol–water partition coefficient (Wildman–Crippen LogP) is 4.00. The smallest absolute Gasteiger partial charge is 0.234 e. The zero-order valence-corrected chi connectivity index (χ0v) is 19.6. The van der Waals surface area contributed by atoms with Crippen LogP contribution in [0.15, 0.2) is 60.9 Å². The van der Waals surface area contributed by atoms with Gasteiger partial charge in [-0.3, -0.25) is 9.69 Å². The average molecular weight is 465 g/mol. The maximum Gasteiger partial charge on any atom is 0.234 e. The first kappa shape index (κ1) is 23.5. The zero-order valence-electron chi connectivity index (χ0n) is 19.6. The maximum atomic E-state index is 13.2. The Labute approximate surface area is 198 Å². The second kappa shape index (κ2) is 10.5. The lowest BCUT2D eigenvalue weighted by molar-refractivity contribution is -0.122. The van der Waals surface area contributed by atoms with E-state index in [9.17, 15) is 9.18 Å². The standard InChI is InChI=1S/C26H29FN4O3/c1-18(20-4-9-24(33-2)25(14-20)34-3)29-26(32)17-30-12-10-19(11-13-30)21-15-28-31(16-21)23-7-5-22(27)6-8-23/h4-10,14-16,18H,11-13,17H2,1-3H3,(H,29,32)/t18-/m1/s1. The minimum absolute atomic E-state index is 0.0248. The Balaban J connectivity index is 1.31. The van der Waals surface area contributed by atoms with Crippen LogP contribution in [-0.4, -0.2) is 54.4 Å². The van der Waals surface area contributed by atoms with E-state index in [-0.39, 0.29) is 17.8 Å². The van der Waals surface area contributed by atoms with Crippen molar-refractivity contribution < 1.29 is 18.7 Å². The summed E-state index contributed by atoms with van der Waals surface area (Å²) in [6.45, 7) is 3.75. The van der Waals surface area contributed by atoms with Crippen molar-refractivity contribution in [2.45, 2.75) is 19.4 Å². The molecule has 0 saturated heterocycles. The third kappa shape index (κ3) is 5.46. The number of benzene rings is 2. The minimum Gasteiger partial charge on any atom is -0.493 e. The van der Waals surface area contributed by atoms with Crippen molar-refractivity contribution in [1.29, 1.82) is 0 Å². The third-order valence-electron chi connectivity index (χ3n) is 5.99. The van der Waals surface area contributed by atoms with E-state index in [4.69, 9.17) is 9.47 Å². The molecule has 7 nitrogen and oxygen atoms in total. The lowest BCUT2D eigenvalue weighted by Crippen LogP contribution is -2.40. The third-order valence-corrected chi connectivity index (χ3v) is 5.99. The molecular formula is C26H29FN4O3. The van der Waals surface area contributed by atoms with Crippen LogP contribution in [0.3, 0.4) is 0 Å². The van der Waals surface area contributed by atoms with Gasteiger partial charge in [-0.2, -0.15) is 5.10 Å². The Hall–Kier alpha value is -3.65. The van der Waals surface area contributed by atoms with E-state index in [1.807, 2.05) is 37.5 Å². The quantitative estimate of drug-likeness (QED) is 0.546. The summed E-state index contributed by atoms with van der Waals surface area (Å²) in [7, 11) is 3.19. The molecule has 1 aliphatic heterocycles. The molecule has 2 heterocycles. The summed E-state index contributed by atoms with van der Waals surface area (Å²) in [5.41, 5.74) is 4.00. The van der Waals surface area contributed by atoms with E-state index in [0.717, 1.165) is 29.8 Å². The molecule has 1 atom stereocenters. The summed E-state index contributed by atoms with van der Waals surface area (Å²) in [5, 5.41) is 7.47. The molecule has 0 bridgehead atoms. The number of methoxy groups -OCH3 is 2. The van der Waals surface area contributed by atoms with Gasteiger partial charge >= 0.3 is 0 Å². The van der Waals surface area contributed by atoms with Crippen molar-refractivity contribution in [3.8, 4) is 17.2 Å². The Morgan fingerprint density at radius 3 is 2.59 bits per heavy atom. The Morgan fingerprint density at radius 2 is 1.91 bits per heavy atom. The predicted molar refractivity (Wildman–Crippen MR) is 129 cm³/mol. The van der Waals surface area contributed by atoms with Crippen molar-refractivity contribution in [1.82, 2.24) is 20.0 Å². The number of carbonyl (C=O) groups excluding carboxylic acids is 1. The lowest BCUT2D eigenvalue weighted by Gasteiger charge is -2.26. The van der Waals surface area contributed by atoms with Gasteiger partial charge < -0.3 is 14.8 Å². The summed E-state index contributed by atoms with van der Waals surface area (Å²) < 4.78 is 25.5. The topological polar surface area (TPSA) is 68.6 Å². The molecule has 1 amide bonds. The van der Waals surface area contributed by atoms with E-state index in [1.165, 1.54) is 17.7 Å². The molecule has 2 aromatic carbocycles. The van der Waals surface area contributed by atoms with Gasteiger partial charge in [-0.1, -0.05) is 12.1 Å². The summed E-state index contributed by atoms with van der Waals surface area (Å²) in [6.07, 6.45) is 6.74. The van der Waals surface area contributed by atoms with Crippen molar-refractivity contribution in [2.24, 2.45) is 0 Å². The fourth-order valence-corrected chi connectivity index (χ4v) is 4.04. The summed E-state index contributed by atoms with van der Waals surface area (Å²) >= 11 is 0. The number of nitrogens with zero attached hydrogens (tertiary/aromatic N) is 3. The highest BCUT2D eigenvalue weighted by Gasteiger charge is 2.19. The molecular weight excluding hydrogens is 435 g/mol. The maximum absolute atomic E-state index is 13.2. The van der Waals surface area contributed by atoms with E-state index < -0.39 is 0 Å². The Bertz CT molecular complexity index is 1170. The minimum atomic E-state index is -0.270. The number of halogens is 1. The van der Waals surface area contributed by atoms with Crippen LogP contribution in [0.25, 0.3) is 11.3 Å². The highest BCUT2D eigenvalue weighted by atomic mass is 19.1. The normalized spacial score (nSPS) is 14.9. The number of carbonyl (C=O) groups is 1. The summed E-state index contributed by atoms with van der Waals surface area (Å²) in [6, 6.07) is 11.7. The lowest BCUT2D eigenvalue weighted by atomic mass is 10.0. The van der Waals surface area contributed by atoms with Crippen LogP contribution in [-0.2, 0) is 4.79 Å². The van der Waals surface area contributed by atoms with E-state index >= 15 is 0 Å². The number of nitrogens with one attached hydrogen (secondary N) is 1. The number of ether oxygens (including phenoxy) is 2. The first-order valence-corrected chi connectivity index (χ1v) is 11.2. The fraction of sp³-hybridized carbons (Fsp3) is 0.308. The Morgan fingerprint density at radius 1 is 1.15 bits per heavy atom. The van der Waals surface area contributed by atoms with Crippen molar-refractivity contribution in [2.75, 3.05) is 33.9 Å². The molecule has 8 heteroatoms. The number of rotatable bonds is 8. The fourth-order valence-electron chi connectivity index (χ4n) is 4.04. The largest absolute Gasteiger partial charge is 0.493 e. The monoisotopic (exact) mass is 464 g/mol. The highest BCUT2D eigenvalue weighted by Crippen LogP contribution is 2.30. The average Bonchev–Trinajstić information content (AvgIpc) is 3.34. The molecule has 3 aromatic rings. The van der Waals surface area contributed by atoms with Gasteiger partial charge in [0.05, 0.1) is 38.7 Å². The molecule has 1 N–H and O–H groups in total.